The minimum atomic E-state index is -0.143. The molecule has 5 nitrogen and oxygen atoms in total. The second-order valence-corrected chi connectivity index (χ2v) is 5.06. The molecule has 0 unspecified atom stereocenters. The summed E-state index contributed by atoms with van der Waals surface area (Å²) in [4.78, 5) is 23.6. The Morgan fingerprint density at radius 2 is 1.74 bits per heavy atom. The van der Waals surface area contributed by atoms with Crippen LogP contribution in [0.4, 0.5) is 5.69 Å². The van der Waals surface area contributed by atoms with Crippen molar-refractivity contribution >= 4 is 17.5 Å². The number of nitrogens with one attached hydrogen (secondary N) is 3. The highest BCUT2D eigenvalue weighted by molar-refractivity contribution is 5.95. The van der Waals surface area contributed by atoms with Gasteiger partial charge in [-0.2, -0.15) is 0 Å². The molecule has 0 fully saturated rings. The van der Waals surface area contributed by atoms with Gasteiger partial charge in [-0.25, -0.2) is 0 Å². The summed E-state index contributed by atoms with van der Waals surface area (Å²) in [5.41, 5.74) is 2.34. The van der Waals surface area contributed by atoms with Crippen LogP contribution in [0, 0.1) is 0 Å². The van der Waals surface area contributed by atoms with E-state index in [9.17, 15) is 9.59 Å². The summed E-state index contributed by atoms with van der Waals surface area (Å²) in [6.07, 6.45) is 0. The number of carbonyl (C=O) groups is 2. The molecule has 0 saturated heterocycles. The zero-order valence-electron chi connectivity index (χ0n) is 13.1. The first-order chi connectivity index (χ1) is 11.2. The van der Waals surface area contributed by atoms with Crippen LogP contribution >= 0.6 is 0 Å². The number of anilines is 1. The lowest BCUT2D eigenvalue weighted by atomic mass is 10.1. The van der Waals surface area contributed by atoms with E-state index in [-0.39, 0.29) is 18.4 Å². The Kier molecular flexibility index (Phi) is 6.17. The van der Waals surface area contributed by atoms with Crippen molar-refractivity contribution in [1.82, 2.24) is 10.6 Å². The smallest absolute Gasteiger partial charge is 0.251 e. The normalized spacial score (nSPS) is 9.96. The molecule has 0 heterocycles. The van der Waals surface area contributed by atoms with Crippen LogP contribution in [0.25, 0.3) is 0 Å². The average molecular weight is 311 g/mol. The minimum absolute atomic E-state index is 0.0774. The summed E-state index contributed by atoms with van der Waals surface area (Å²) in [7, 11) is 0. The van der Waals surface area contributed by atoms with Crippen molar-refractivity contribution in [3.8, 4) is 0 Å². The van der Waals surface area contributed by atoms with Gasteiger partial charge >= 0.3 is 0 Å². The van der Waals surface area contributed by atoms with Crippen LogP contribution in [0.3, 0.4) is 0 Å². The van der Waals surface area contributed by atoms with Gasteiger partial charge < -0.3 is 16.0 Å². The summed E-state index contributed by atoms with van der Waals surface area (Å²) in [5.74, 6) is -0.220. The molecule has 0 radical (unpaired) electrons. The Morgan fingerprint density at radius 3 is 2.48 bits per heavy atom. The number of likely N-dealkylation sites (N-methyl/N-ethyl adjacent to an activating group) is 1. The molecule has 0 atom stereocenters. The summed E-state index contributed by atoms with van der Waals surface area (Å²) in [6.45, 7) is 3.14. The number of rotatable bonds is 7. The highest BCUT2D eigenvalue weighted by atomic mass is 16.2. The topological polar surface area (TPSA) is 70.2 Å². The lowest BCUT2D eigenvalue weighted by Gasteiger charge is -2.09. The SMILES string of the molecule is CCNC(=O)CNc1cccc(C(=O)NCc2ccccc2)c1. The van der Waals surface area contributed by atoms with E-state index in [0.29, 0.717) is 18.7 Å². The van der Waals surface area contributed by atoms with E-state index < -0.39 is 0 Å². The standard InChI is InChI=1S/C18H21N3O2/c1-2-19-17(22)13-20-16-10-6-9-15(11-16)18(23)21-12-14-7-4-3-5-8-14/h3-11,20H,2,12-13H2,1H3,(H,19,22)(H,21,23). The maximum absolute atomic E-state index is 12.2. The van der Waals surface area contributed by atoms with E-state index in [2.05, 4.69) is 16.0 Å². The average Bonchev–Trinajstić information content (AvgIpc) is 2.59. The van der Waals surface area contributed by atoms with Crippen LogP contribution in [0.2, 0.25) is 0 Å². The predicted molar refractivity (Wildman–Crippen MR) is 91.2 cm³/mol. The molecule has 2 aromatic rings. The van der Waals surface area contributed by atoms with E-state index in [0.717, 1.165) is 11.3 Å². The van der Waals surface area contributed by atoms with E-state index in [1.165, 1.54) is 0 Å². The van der Waals surface area contributed by atoms with E-state index in [1.807, 2.05) is 43.3 Å². The Balaban J connectivity index is 1.90. The van der Waals surface area contributed by atoms with Crippen molar-refractivity contribution in [1.29, 1.82) is 0 Å². The fourth-order valence-electron chi connectivity index (χ4n) is 2.09. The maximum atomic E-state index is 12.2. The van der Waals surface area contributed by atoms with Gasteiger partial charge in [-0.1, -0.05) is 36.4 Å². The molecule has 3 N–H and O–H groups in total. The first-order valence-electron chi connectivity index (χ1n) is 7.62. The van der Waals surface area contributed by atoms with Crippen LogP contribution in [0.5, 0.6) is 0 Å². The third kappa shape index (κ3) is 5.47. The first-order valence-corrected chi connectivity index (χ1v) is 7.62. The Morgan fingerprint density at radius 1 is 0.957 bits per heavy atom. The molecule has 0 aromatic heterocycles. The van der Waals surface area contributed by atoms with E-state index in [4.69, 9.17) is 0 Å². The zero-order chi connectivity index (χ0) is 16.5. The molecule has 0 bridgehead atoms. The summed E-state index contributed by atoms with van der Waals surface area (Å²) in [5, 5.41) is 8.60. The second kappa shape index (κ2) is 8.58. The monoisotopic (exact) mass is 311 g/mol. The molecule has 2 rings (SSSR count). The number of hydrogen-bond donors (Lipinski definition) is 3. The van der Waals surface area contributed by atoms with Crippen LogP contribution < -0.4 is 16.0 Å². The first kappa shape index (κ1) is 16.5. The number of hydrogen-bond acceptors (Lipinski definition) is 3. The highest BCUT2D eigenvalue weighted by Crippen LogP contribution is 2.10. The van der Waals surface area contributed by atoms with E-state index in [1.54, 1.807) is 18.2 Å². The summed E-state index contributed by atoms with van der Waals surface area (Å²) < 4.78 is 0. The van der Waals surface area contributed by atoms with Gasteiger partial charge in [0.25, 0.3) is 5.91 Å². The Labute approximate surface area is 136 Å². The molecule has 0 aliphatic rings. The van der Waals surface area contributed by atoms with Gasteiger partial charge in [0.15, 0.2) is 0 Å². The minimum Gasteiger partial charge on any atom is -0.376 e. The quantitative estimate of drug-likeness (QED) is 0.734. The zero-order valence-corrected chi connectivity index (χ0v) is 13.1. The second-order valence-electron chi connectivity index (χ2n) is 5.06. The predicted octanol–water partition coefficient (Wildman–Crippen LogP) is 2.16. The molecule has 120 valence electrons. The van der Waals surface area contributed by atoms with Crippen molar-refractivity contribution in [3.63, 3.8) is 0 Å². The van der Waals surface area contributed by atoms with Gasteiger partial charge in [-0.3, -0.25) is 9.59 Å². The van der Waals surface area contributed by atoms with Gasteiger partial charge in [0.1, 0.15) is 0 Å². The van der Waals surface area contributed by atoms with E-state index >= 15 is 0 Å². The lowest BCUT2D eigenvalue weighted by Crippen LogP contribution is -2.29. The van der Waals surface area contributed by atoms with Crippen molar-refractivity contribution < 1.29 is 9.59 Å². The molecular formula is C18H21N3O2. The summed E-state index contributed by atoms with van der Waals surface area (Å²) >= 11 is 0. The van der Waals surface area contributed by atoms with Crippen molar-refractivity contribution in [3.05, 3.63) is 65.7 Å². The lowest BCUT2D eigenvalue weighted by molar-refractivity contribution is -0.119. The fourth-order valence-corrected chi connectivity index (χ4v) is 2.09. The van der Waals surface area contributed by atoms with Gasteiger partial charge in [-0.15, -0.1) is 0 Å². The number of benzene rings is 2. The van der Waals surface area contributed by atoms with Crippen LogP contribution in [-0.2, 0) is 11.3 Å². The highest BCUT2D eigenvalue weighted by Gasteiger charge is 2.06. The Hall–Kier alpha value is -2.82. The number of carbonyl (C=O) groups excluding carboxylic acids is 2. The molecule has 2 amide bonds. The summed E-state index contributed by atoms with van der Waals surface area (Å²) in [6, 6.07) is 16.8. The van der Waals surface area contributed by atoms with Crippen molar-refractivity contribution in [2.24, 2.45) is 0 Å². The molecule has 23 heavy (non-hydrogen) atoms. The fraction of sp³-hybridized carbons (Fsp3) is 0.222. The van der Waals surface area contributed by atoms with Crippen LogP contribution in [0.1, 0.15) is 22.8 Å². The largest absolute Gasteiger partial charge is 0.376 e. The van der Waals surface area contributed by atoms with Gasteiger partial charge in [0, 0.05) is 24.3 Å². The maximum Gasteiger partial charge on any atom is 0.251 e. The van der Waals surface area contributed by atoms with Gasteiger partial charge in [0.05, 0.1) is 6.54 Å². The van der Waals surface area contributed by atoms with Gasteiger partial charge in [-0.05, 0) is 30.7 Å². The molecule has 5 heteroatoms. The molecule has 0 aliphatic heterocycles. The molecule has 0 aliphatic carbocycles. The molecule has 0 saturated carbocycles. The third-order valence-electron chi connectivity index (χ3n) is 3.25. The van der Waals surface area contributed by atoms with Crippen molar-refractivity contribution in [2.75, 3.05) is 18.4 Å². The number of amides is 2. The molecule has 0 spiro atoms. The Bertz CT molecular complexity index is 656. The van der Waals surface area contributed by atoms with Crippen molar-refractivity contribution in [2.45, 2.75) is 13.5 Å². The van der Waals surface area contributed by atoms with Crippen LogP contribution in [-0.4, -0.2) is 24.9 Å². The third-order valence-corrected chi connectivity index (χ3v) is 3.25. The molecular weight excluding hydrogens is 290 g/mol. The molecule has 2 aromatic carbocycles. The van der Waals surface area contributed by atoms with Crippen LogP contribution in [0.15, 0.2) is 54.6 Å². The van der Waals surface area contributed by atoms with Gasteiger partial charge in [0.2, 0.25) is 5.91 Å².